The van der Waals surface area contributed by atoms with Gasteiger partial charge in [0.05, 0.1) is 0 Å². The van der Waals surface area contributed by atoms with E-state index in [0.29, 0.717) is 0 Å². The Kier molecular flexibility index (Phi) is 5.23. The van der Waals surface area contributed by atoms with Crippen molar-refractivity contribution in [3.8, 4) is 0 Å². The molecule has 0 radical (unpaired) electrons. The van der Waals surface area contributed by atoms with Gasteiger partial charge in [0.2, 0.25) is 0 Å². The van der Waals surface area contributed by atoms with Gasteiger partial charge in [0.25, 0.3) is 0 Å². The molecule has 2 aliphatic heterocycles. The van der Waals surface area contributed by atoms with Crippen LogP contribution in [0.25, 0.3) is 0 Å². The molecule has 2 fully saturated rings. The van der Waals surface area contributed by atoms with Gasteiger partial charge in [0, 0.05) is 17.1 Å². The molecule has 0 aromatic heterocycles. The van der Waals surface area contributed by atoms with Crippen LogP contribution >= 0.6 is 11.8 Å². The van der Waals surface area contributed by atoms with Crippen LogP contribution in [0.15, 0.2) is 42.5 Å². The summed E-state index contributed by atoms with van der Waals surface area (Å²) < 4.78 is 15.4. The first-order chi connectivity index (χ1) is 11.2. The Morgan fingerprint density at radius 2 is 2.13 bits per heavy atom. The highest BCUT2D eigenvalue weighted by Gasteiger charge is 2.46. The van der Waals surface area contributed by atoms with Crippen LogP contribution in [0.2, 0.25) is 0 Å². The molecule has 0 spiro atoms. The maximum absolute atomic E-state index is 11.6. The summed E-state index contributed by atoms with van der Waals surface area (Å²) in [4.78, 5) is 22.7. The number of thioether (sulfide) groups is 1. The van der Waals surface area contributed by atoms with Gasteiger partial charge in [-0.25, -0.2) is 9.59 Å². The minimum absolute atomic E-state index is 0.114. The zero-order chi connectivity index (χ0) is 16.1. The lowest BCUT2D eigenvalue weighted by Crippen LogP contribution is -2.26. The summed E-state index contributed by atoms with van der Waals surface area (Å²) in [5, 5.41) is 0.233. The van der Waals surface area contributed by atoms with Crippen molar-refractivity contribution in [2.75, 3.05) is 5.75 Å². The second-order valence-electron chi connectivity index (χ2n) is 5.43. The molecule has 2 aliphatic rings. The first-order valence-electron chi connectivity index (χ1n) is 7.58. The lowest BCUT2D eigenvalue weighted by atomic mass is 10.1. The van der Waals surface area contributed by atoms with Gasteiger partial charge in [-0.05, 0) is 18.4 Å². The molecule has 1 unspecified atom stereocenters. The van der Waals surface area contributed by atoms with E-state index < -0.39 is 6.16 Å². The van der Waals surface area contributed by atoms with E-state index in [1.54, 1.807) is 17.8 Å². The number of carbonyl (C=O) groups excluding carboxylic acids is 2. The highest BCUT2D eigenvalue weighted by Crippen LogP contribution is 2.38. The Morgan fingerprint density at radius 1 is 1.30 bits per heavy atom. The van der Waals surface area contributed by atoms with Crippen molar-refractivity contribution in [2.45, 2.75) is 36.9 Å². The fourth-order valence-corrected chi connectivity index (χ4v) is 4.05. The van der Waals surface area contributed by atoms with Crippen molar-refractivity contribution in [3.63, 3.8) is 0 Å². The van der Waals surface area contributed by atoms with Gasteiger partial charge in [0.1, 0.15) is 6.61 Å². The summed E-state index contributed by atoms with van der Waals surface area (Å²) in [6.07, 6.45) is 4.01. The van der Waals surface area contributed by atoms with Crippen molar-refractivity contribution in [2.24, 2.45) is 0 Å². The topological polar surface area (TPSA) is 61.8 Å². The first kappa shape index (κ1) is 15.9. The molecule has 0 aliphatic carbocycles. The van der Waals surface area contributed by atoms with E-state index in [-0.39, 0.29) is 30.0 Å². The summed E-state index contributed by atoms with van der Waals surface area (Å²) >= 11 is 1.75. The molecule has 3 atom stereocenters. The number of carbonyl (C=O) groups is 2. The number of allylic oxidation sites excluding steroid dienone is 1. The lowest BCUT2D eigenvalue weighted by Gasteiger charge is -2.12. The Balaban J connectivity index is 1.36. The normalized spacial score (nSPS) is 25.9. The van der Waals surface area contributed by atoms with Gasteiger partial charge >= 0.3 is 12.1 Å². The predicted molar refractivity (Wildman–Crippen MR) is 86.0 cm³/mol. The van der Waals surface area contributed by atoms with Gasteiger partial charge in [-0.2, -0.15) is 11.8 Å². The van der Waals surface area contributed by atoms with E-state index >= 15 is 0 Å². The van der Waals surface area contributed by atoms with Gasteiger partial charge < -0.3 is 14.2 Å². The van der Waals surface area contributed by atoms with Crippen LogP contribution in [0.4, 0.5) is 4.79 Å². The fraction of sp³-hybridized carbons (Fsp3) is 0.412. The average Bonchev–Trinajstić information content (AvgIpc) is 3.10. The minimum Gasteiger partial charge on any atom is -0.458 e. The van der Waals surface area contributed by atoms with E-state index in [1.807, 2.05) is 30.3 Å². The first-order valence-corrected chi connectivity index (χ1v) is 8.63. The third-order valence-electron chi connectivity index (χ3n) is 3.78. The number of esters is 1. The van der Waals surface area contributed by atoms with Crippen molar-refractivity contribution in [1.82, 2.24) is 0 Å². The van der Waals surface area contributed by atoms with Crippen LogP contribution in [-0.4, -0.2) is 35.3 Å². The van der Waals surface area contributed by atoms with Crippen LogP contribution in [0.3, 0.4) is 0 Å². The molecule has 0 N–H and O–H groups in total. The third-order valence-corrected chi connectivity index (χ3v) is 5.24. The molecule has 2 heterocycles. The third kappa shape index (κ3) is 4.28. The summed E-state index contributed by atoms with van der Waals surface area (Å²) in [7, 11) is 0. The van der Waals surface area contributed by atoms with Crippen LogP contribution in [0.5, 0.6) is 0 Å². The molecule has 122 valence electrons. The number of fused-ring (bicyclic) bond motifs is 1. The molecular formula is C17H18O5S. The Hall–Kier alpha value is -1.95. The Labute approximate surface area is 139 Å². The van der Waals surface area contributed by atoms with Gasteiger partial charge in [0.15, 0.2) is 12.2 Å². The summed E-state index contributed by atoms with van der Waals surface area (Å²) in [5.41, 5.74) is 0.964. The molecule has 0 bridgehead atoms. The van der Waals surface area contributed by atoms with Crippen LogP contribution in [0.1, 0.15) is 18.4 Å². The molecule has 1 aromatic carbocycles. The van der Waals surface area contributed by atoms with Crippen LogP contribution in [0, 0.1) is 0 Å². The van der Waals surface area contributed by atoms with Crippen molar-refractivity contribution in [1.29, 1.82) is 0 Å². The SMILES string of the molecule is O=C(/C=C/CCC1SC[C@@H]2OC(=O)O[C@H]12)OCc1ccccc1. The van der Waals surface area contributed by atoms with Gasteiger partial charge in [-0.15, -0.1) is 0 Å². The zero-order valence-corrected chi connectivity index (χ0v) is 13.4. The molecular weight excluding hydrogens is 316 g/mol. The fourth-order valence-electron chi connectivity index (χ4n) is 2.63. The van der Waals surface area contributed by atoms with Gasteiger partial charge in [-0.3, -0.25) is 0 Å². The molecule has 2 saturated heterocycles. The second-order valence-corrected chi connectivity index (χ2v) is 6.71. The summed E-state index contributed by atoms with van der Waals surface area (Å²) in [6, 6.07) is 9.56. The largest absolute Gasteiger partial charge is 0.509 e. The molecule has 0 saturated carbocycles. The number of hydrogen-bond acceptors (Lipinski definition) is 6. The van der Waals surface area contributed by atoms with Crippen LogP contribution in [-0.2, 0) is 25.6 Å². The van der Waals surface area contributed by atoms with E-state index in [0.717, 1.165) is 24.2 Å². The average molecular weight is 334 g/mol. The molecule has 6 heteroatoms. The quantitative estimate of drug-likeness (QED) is 0.588. The maximum atomic E-state index is 11.6. The van der Waals surface area contributed by atoms with Crippen LogP contribution < -0.4 is 0 Å². The maximum Gasteiger partial charge on any atom is 0.509 e. The summed E-state index contributed by atoms with van der Waals surface area (Å²) in [5.74, 6) is 0.436. The number of ether oxygens (including phenoxy) is 3. The number of benzene rings is 1. The van der Waals surface area contributed by atoms with E-state index in [9.17, 15) is 9.59 Å². The smallest absolute Gasteiger partial charge is 0.458 e. The molecule has 23 heavy (non-hydrogen) atoms. The molecule has 0 amide bonds. The standard InChI is InChI=1S/C17H18O5S/c18-15(20-10-12-6-2-1-3-7-12)9-5-4-8-14-16-13(11-23-14)21-17(19)22-16/h1-3,5-7,9,13-14,16H,4,8,10-11H2/b9-5+/t13-,14?,16-/m0/s1. The van der Waals surface area contributed by atoms with Gasteiger partial charge in [-0.1, -0.05) is 36.4 Å². The molecule has 5 nitrogen and oxygen atoms in total. The summed E-state index contributed by atoms with van der Waals surface area (Å²) in [6.45, 7) is 0.277. The zero-order valence-electron chi connectivity index (χ0n) is 12.6. The Bertz CT molecular complexity index is 586. The van der Waals surface area contributed by atoms with Crippen molar-refractivity contribution < 1.29 is 23.8 Å². The van der Waals surface area contributed by atoms with Crippen molar-refractivity contribution >= 4 is 23.9 Å². The van der Waals surface area contributed by atoms with E-state index in [4.69, 9.17) is 14.2 Å². The second kappa shape index (κ2) is 7.55. The van der Waals surface area contributed by atoms with E-state index in [1.165, 1.54) is 6.08 Å². The Morgan fingerprint density at radius 3 is 2.96 bits per heavy atom. The number of hydrogen-bond donors (Lipinski definition) is 0. The minimum atomic E-state index is -0.565. The number of rotatable bonds is 6. The lowest BCUT2D eigenvalue weighted by molar-refractivity contribution is -0.139. The molecule has 3 rings (SSSR count). The van der Waals surface area contributed by atoms with Crippen molar-refractivity contribution in [3.05, 3.63) is 48.0 Å². The monoisotopic (exact) mass is 334 g/mol. The highest BCUT2D eigenvalue weighted by atomic mass is 32.2. The highest BCUT2D eigenvalue weighted by molar-refractivity contribution is 8.00. The molecule has 1 aromatic rings. The van der Waals surface area contributed by atoms with E-state index in [2.05, 4.69) is 0 Å². The predicted octanol–water partition coefficient (Wildman–Crippen LogP) is 3.09.